The highest BCUT2D eigenvalue weighted by Crippen LogP contribution is 2.33. The zero-order valence-electron chi connectivity index (χ0n) is 8.34. The van der Waals surface area contributed by atoms with E-state index < -0.39 is 0 Å². The molecule has 2 rings (SSSR count). The number of non-ortho nitro benzene ring substituents is 1. The van der Waals surface area contributed by atoms with Gasteiger partial charge in [0, 0.05) is 23.9 Å². The Hall–Kier alpha value is -1.07. The van der Waals surface area contributed by atoms with Crippen LogP contribution in [-0.4, -0.2) is 16.7 Å². The van der Waals surface area contributed by atoms with Crippen molar-refractivity contribution in [3.05, 3.63) is 39.9 Å². The van der Waals surface area contributed by atoms with E-state index >= 15 is 0 Å². The number of thioether (sulfide) groups is 1. The molecule has 80 valence electrons. The molecule has 0 aromatic heterocycles. The third-order valence-electron chi connectivity index (χ3n) is 2.36. The van der Waals surface area contributed by atoms with Gasteiger partial charge in [0.25, 0.3) is 5.69 Å². The van der Waals surface area contributed by atoms with Gasteiger partial charge in [0.1, 0.15) is 0 Å². The molecule has 0 aliphatic carbocycles. The molecule has 2 unspecified atom stereocenters. The second kappa shape index (κ2) is 4.20. The summed E-state index contributed by atoms with van der Waals surface area (Å²) in [5.74, 6) is 1.08. The molecule has 1 aromatic rings. The fourth-order valence-electron chi connectivity index (χ4n) is 1.56. The summed E-state index contributed by atoms with van der Waals surface area (Å²) in [5.41, 5.74) is 1.25. The number of nitro groups is 1. The van der Waals surface area contributed by atoms with Crippen LogP contribution >= 0.6 is 11.8 Å². The first-order valence-electron chi connectivity index (χ1n) is 4.79. The first-order valence-corrected chi connectivity index (χ1v) is 5.83. The van der Waals surface area contributed by atoms with Gasteiger partial charge in [-0.3, -0.25) is 15.4 Å². The highest BCUT2D eigenvalue weighted by atomic mass is 32.2. The fraction of sp³-hybridized carbons (Fsp3) is 0.400. The van der Waals surface area contributed by atoms with Gasteiger partial charge in [-0.05, 0) is 24.6 Å². The minimum Gasteiger partial charge on any atom is -0.298 e. The van der Waals surface area contributed by atoms with Crippen molar-refractivity contribution in [2.24, 2.45) is 0 Å². The first kappa shape index (κ1) is 10.4. The quantitative estimate of drug-likeness (QED) is 0.618. The van der Waals surface area contributed by atoms with Gasteiger partial charge in [-0.15, -0.1) is 11.8 Å². The lowest BCUT2D eigenvalue weighted by molar-refractivity contribution is -0.384. The van der Waals surface area contributed by atoms with Crippen LogP contribution in [-0.2, 0) is 0 Å². The first-order chi connectivity index (χ1) is 7.16. The molecular formula is C10H12N2O2S. The number of rotatable bonds is 2. The lowest BCUT2D eigenvalue weighted by atomic mass is 10.2. The Morgan fingerprint density at radius 1 is 1.47 bits per heavy atom. The molecule has 15 heavy (non-hydrogen) atoms. The van der Waals surface area contributed by atoms with Crippen molar-refractivity contribution in [3.63, 3.8) is 0 Å². The standard InChI is InChI=1S/C10H12N2O2S/c1-7-6-15-10(11-7)8-2-4-9(5-3-8)12(13)14/h2-5,7,10-11H,6H2,1H3. The van der Waals surface area contributed by atoms with Crippen molar-refractivity contribution in [3.8, 4) is 0 Å². The maximum Gasteiger partial charge on any atom is 0.269 e. The van der Waals surface area contributed by atoms with E-state index in [0.717, 1.165) is 11.3 Å². The molecule has 0 saturated carbocycles. The van der Waals surface area contributed by atoms with Crippen LogP contribution in [0.4, 0.5) is 5.69 Å². The van der Waals surface area contributed by atoms with Gasteiger partial charge < -0.3 is 0 Å². The van der Waals surface area contributed by atoms with E-state index in [1.807, 2.05) is 23.9 Å². The van der Waals surface area contributed by atoms with Gasteiger partial charge in [-0.1, -0.05) is 0 Å². The molecule has 1 aliphatic heterocycles. The van der Waals surface area contributed by atoms with E-state index in [-0.39, 0.29) is 16.0 Å². The number of nitrogens with zero attached hydrogens (tertiary/aromatic N) is 1. The minimum atomic E-state index is -0.373. The van der Waals surface area contributed by atoms with Crippen molar-refractivity contribution in [1.82, 2.24) is 5.32 Å². The summed E-state index contributed by atoms with van der Waals surface area (Å²) in [5, 5.41) is 14.2. The summed E-state index contributed by atoms with van der Waals surface area (Å²) in [7, 11) is 0. The summed E-state index contributed by atoms with van der Waals surface area (Å²) < 4.78 is 0. The Morgan fingerprint density at radius 2 is 2.13 bits per heavy atom. The molecule has 1 heterocycles. The molecule has 1 N–H and O–H groups in total. The molecule has 0 bridgehead atoms. The van der Waals surface area contributed by atoms with E-state index in [9.17, 15) is 10.1 Å². The zero-order chi connectivity index (χ0) is 10.8. The molecule has 0 amide bonds. The smallest absolute Gasteiger partial charge is 0.269 e. The van der Waals surface area contributed by atoms with Crippen LogP contribution in [0.15, 0.2) is 24.3 Å². The summed E-state index contributed by atoms with van der Waals surface area (Å²) in [4.78, 5) is 10.1. The van der Waals surface area contributed by atoms with Crippen molar-refractivity contribution in [2.45, 2.75) is 18.3 Å². The maximum atomic E-state index is 10.5. The van der Waals surface area contributed by atoms with Crippen molar-refractivity contribution < 1.29 is 4.92 Å². The Labute approximate surface area is 92.2 Å². The normalized spacial score (nSPS) is 25.4. The zero-order valence-corrected chi connectivity index (χ0v) is 9.16. The van der Waals surface area contributed by atoms with Gasteiger partial charge in [-0.25, -0.2) is 0 Å². The summed E-state index contributed by atoms with van der Waals surface area (Å²) in [6, 6.07) is 7.26. The van der Waals surface area contributed by atoms with E-state index in [2.05, 4.69) is 12.2 Å². The highest BCUT2D eigenvalue weighted by Gasteiger charge is 2.22. The van der Waals surface area contributed by atoms with Gasteiger partial charge in [-0.2, -0.15) is 0 Å². The van der Waals surface area contributed by atoms with Crippen LogP contribution in [0.1, 0.15) is 17.9 Å². The molecule has 1 aliphatic rings. The number of nitrogens with one attached hydrogen (secondary N) is 1. The molecular weight excluding hydrogens is 212 g/mol. The lowest BCUT2D eigenvalue weighted by Gasteiger charge is -2.10. The number of benzene rings is 1. The van der Waals surface area contributed by atoms with Crippen LogP contribution in [0.3, 0.4) is 0 Å². The Morgan fingerprint density at radius 3 is 2.60 bits per heavy atom. The summed E-state index contributed by atoms with van der Waals surface area (Å²) >= 11 is 1.84. The predicted octanol–water partition coefficient (Wildman–Crippen LogP) is 2.32. The average Bonchev–Trinajstić information content (AvgIpc) is 2.65. The van der Waals surface area contributed by atoms with E-state index in [4.69, 9.17) is 0 Å². The average molecular weight is 224 g/mol. The van der Waals surface area contributed by atoms with E-state index in [1.54, 1.807) is 12.1 Å². The third-order valence-corrected chi connectivity index (χ3v) is 3.79. The Bertz CT molecular complexity index is 366. The van der Waals surface area contributed by atoms with Gasteiger partial charge in [0.2, 0.25) is 0 Å². The van der Waals surface area contributed by atoms with Crippen molar-refractivity contribution in [2.75, 3.05) is 5.75 Å². The summed E-state index contributed by atoms with van der Waals surface area (Å²) in [6.07, 6.45) is 0. The summed E-state index contributed by atoms with van der Waals surface area (Å²) in [6.45, 7) is 2.14. The number of hydrogen-bond acceptors (Lipinski definition) is 4. The van der Waals surface area contributed by atoms with Crippen LogP contribution in [0, 0.1) is 10.1 Å². The van der Waals surface area contributed by atoms with E-state index in [0.29, 0.717) is 6.04 Å². The highest BCUT2D eigenvalue weighted by molar-refractivity contribution is 7.99. The molecule has 1 fully saturated rings. The SMILES string of the molecule is CC1CSC(c2ccc([N+](=O)[O-])cc2)N1. The van der Waals surface area contributed by atoms with Crippen LogP contribution in [0.25, 0.3) is 0 Å². The Kier molecular flexibility index (Phi) is 2.93. The van der Waals surface area contributed by atoms with Gasteiger partial charge >= 0.3 is 0 Å². The van der Waals surface area contributed by atoms with Crippen LogP contribution < -0.4 is 5.32 Å². The number of nitro benzene ring substituents is 1. The van der Waals surface area contributed by atoms with Crippen LogP contribution in [0.2, 0.25) is 0 Å². The fourth-order valence-corrected chi connectivity index (χ4v) is 2.81. The second-order valence-electron chi connectivity index (χ2n) is 3.63. The van der Waals surface area contributed by atoms with Gasteiger partial charge in [0.05, 0.1) is 10.3 Å². The molecule has 4 nitrogen and oxygen atoms in total. The molecule has 2 atom stereocenters. The number of hydrogen-bond donors (Lipinski definition) is 1. The monoisotopic (exact) mass is 224 g/mol. The largest absolute Gasteiger partial charge is 0.298 e. The third kappa shape index (κ3) is 2.30. The topological polar surface area (TPSA) is 55.2 Å². The minimum absolute atomic E-state index is 0.148. The molecule has 0 radical (unpaired) electrons. The van der Waals surface area contributed by atoms with Gasteiger partial charge in [0.15, 0.2) is 0 Å². The molecule has 5 heteroatoms. The maximum absolute atomic E-state index is 10.5. The second-order valence-corrected chi connectivity index (χ2v) is 4.77. The molecule has 1 aromatic carbocycles. The molecule has 1 saturated heterocycles. The van der Waals surface area contributed by atoms with E-state index in [1.165, 1.54) is 0 Å². The van der Waals surface area contributed by atoms with Crippen LogP contribution in [0.5, 0.6) is 0 Å². The van der Waals surface area contributed by atoms with Crippen molar-refractivity contribution >= 4 is 17.4 Å². The predicted molar refractivity (Wildman–Crippen MR) is 60.9 cm³/mol. The van der Waals surface area contributed by atoms with Crippen molar-refractivity contribution in [1.29, 1.82) is 0 Å². The molecule has 0 spiro atoms. The lowest BCUT2D eigenvalue weighted by Crippen LogP contribution is -2.21. The Balaban J connectivity index is 2.13.